The number of carbonyl (C=O) groups excluding carboxylic acids is 1. The van der Waals surface area contributed by atoms with Crippen LogP contribution in [-0.2, 0) is 11.3 Å². The highest BCUT2D eigenvalue weighted by Crippen LogP contribution is 2.02. The Morgan fingerprint density at radius 1 is 1.57 bits per heavy atom. The lowest BCUT2D eigenvalue weighted by atomic mass is 10.5. The number of hydrogen-bond acceptors (Lipinski definition) is 6. The molecule has 0 bridgehead atoms. The summed E-state index contributed by atoms with van der Waals surface area (Å²) in [5.74, 6) is 0.211. The number of nitrogens with zero attached hydrogens (tertiary/aromatic N) is 2. The Morgan fingerprint density at radius 3 is 2.93 bits per heavy atom. The molecule has 1 rings (SSSR count). The highest BCUT2D eigenvalue weighted by Gasteiger charge is 2.05. The van der Waals surface area contributed by atoms with Crippen molar-refractivity contribution in [3.05, 3.63) is 5.89 Å². The quantitative estimate of drug-likeness (QED) is 0.566. The molecule has 78 valence electrons. The second kappa shape index (κ2) is 5.18. The topological polar surface area (TPSA) is 106 Å². The van der Waals surface area contributed by atoms with Gasteiger partial charge < -0.3 is 20.8 Å². The number of hydrogen-bond donors (Lipinski definition) is 3. The molecular weight excluding hydrogens is 186 g/mol. The number of carbonyl (C=O) groups is 1. The summed E-state index contributed by atoms with van der Waals surface area (Å²) in [7, 11) is 0. The lowest BCUT2D eigenvalue weighted by Gasteiger charge is -2.00. The number of nitrogens with two attached hydrogens (primary N) is 1. The van der Waals surface area contributed by atoms with Gasteiger partial charge >= 0.3 is 6.01 Å². The molecule has 0 radical (unpaired) electrons. The minimum Gasteiger partial charge on any atom is -0.407 e. The summed E-state index contributed by atoms with van der Waals surface area (Å²) in [6.45, 7) is 2.74. The molecule has 0 spiro atoms. The molecule has 0 aliphatic carbocycles. The molecule has 0 aliphatic rings. The van der Waals surface area contributed by atoms with Crippen LogP contribution in [0.15, 0.2) is 4.42 Å². The summed E-state index contributed by atoms with van der Waals surface area (Å²) >= 11 is 0. The molecule has 1 amide bonds. The van der Waals surface area contributed by atoms with Crippen LogP contribution in [0.3, 0.4) is 0 Å². The summed E-state index contributed by atoms with van der Waals surface area (Å²) < 4.78 is 5.02. The molecule has 0 aromatic carbocycles. The van der Waals surface area contributed by atoms with Gasteiger partial charge in [0.1, 0.15) is 0 Å². The third kappa shape index (κ3) is 3.02. The van der Waals surface area contributed by atoms with Gasteiger partial charge in [-0.3, -0.25) is 4.79 Å². The van der Waals surface area contributed by atoms with Crippen molar-refractivity contribution in [2.24, 2.45) is 5.73 Å². The van der Waals surface area contributed by atoms with Crippen LogP contribution in [0.2, 0.25) is 0 Å². The van der Waals surface area contributed by atoms with E-state index in [0.717, 1.165) is 0 Å². The van der Waals surface area contributed by atoms with Crippen molar-refractivity contribution in [2.75, 3.05) is 18.4 Å². The van der Waals surface area contributed by atoms with Crippen molar-refractivity contribution >= 4 is 11.9 Å². The van der Waals surface area contributed by atoms with Crippen LogP contribution in [0.5, 0.6) is 0 Å². The number of nitrogens with one attached hydrogen (secondary N) is 2. The maximum Gasteiger partial charge on any atom is 0.315 e. The second-order valence-corrected chi connectivity index (χ2v) is 2.51. The second-order valence-electron chi connectivity index (χ2n) is 2.51. The van der Waals surface area contributed by atoms with E-state index in [4.69, 9.17) is 10.2 Å². The van der Waals surface area contributed by atoms with E-state index in [-0.39, 0.29) is 25.0 Å². The van der Waals surface area contributed by atoms with Gasteiger partial charge in [-0.25, -0.2) is 0 Å². The SMILES string of the molecule is CCNC(=O)CNc1nnc(CN)o1. The molecule has 7 nitrogen and oxygen atoms in total. The fourth-order valence-corrected chi connectivity index (χ4v) is 0.823. The highest BCUT2D eigenvalue weighted by atomic mass is 16.4. The number of aromatic nitrogens is 2. The Kier molecular flexibility index (Phi) is 3.86. The summed E-state index contributed by atoms with van der Waals surface area (Å²) in [6, 6.07) is 0.205. The van der Waals surface area contributed by atoms with Crippen LogP contribution in [0.25, 0.3) is 0 Å². The molecule has 0 atom stereocenters. The van der Waals surface area contributed by atoms with E-state index in [1.54, 1.807) is 0 Å². The molecule has 0 saturated heterocycles. The first-order valence-electron chi connectivity index (χ1n) is 4.29. The maximum atomic E-state index is 11.0. The monoisotopic (exact) mass is 199 g/mol. The maximum absolute atomic E-state index is 11.0. The number of rotatable bonds is 5. The van der Waals surface area contributed by atoms with Crippen molar-refractivity contribution in [1.82, 2.24) is 15.5 Å². The van der Waals surface area contributed by atoms with Gasteiger partial charge in [-0.2, -0.15) is 0 Å². The Hall–Kier alpha value is -1.63. The zero-order chi connectivity index (χ0) is 10.4. The minimum absolute atomic E-state index is 0.111. The van der Waals surface area contributed by atoms with Crippen LogP contribution in [0.1, 0.15) is 12.8 Å². The number of amides is 1. The molecule has 1 aromatic heterocycles. The molecule has 0 saturated carbocycles. The Balaban J connectivity index is 2.34. The zero-order valence-corrected chi connectivity index (χ0v) is 7.91. The Labute approximate surface area is 81.1 Å². The highest BCUT2D eigenvalue weighted by molar-refractivity contribution is 5.79. The van der Waals surface area contributed by atoms with Gasteiger partial charge in [0, 0.05) is 6.54 Å². The summed E-state index contributed by atoms with van der Waals surface area (Å²) in [6.07, 6.45) is 0. The lowest BCUT2D eigenvalue weighted by molar-refractivity contribution is -0.119. The standard InChI is InChI=1S/C7H13N5O2/c1-2-9-5(13)4-10-7-12-11-6(3-8)14-7/h2-4,8H2,1H3,(H,9,13)(H,10,12). The third-order valence-corrected chi connectivity index (χ3v) is 1.42. The fraction of sp³-hybridized carbons (Fsp3) is 0.571. The molecular formula is C7H13N5O2. The summed E-state index contributed by atoms with van der Waals surface area (Å²) in [5.41, 5.74) is 5.26. The Bertz CT molecular complexity index is 298. The first-order chi connectivity index (χ1) is 6.76. The lowest BCUT2D eigenvalue weighted by Crippen LogP contribution is -2.29. The van der Waals surface area contributed by atoms with Gasteiger partial charge in [0.15, 0.2) is 0 Å². The summed E-state index contributed by atoms with van der Waals surface area (Å²) in [4.78, 5) is 11.0. The first-order valence-corrected chi connectivity index (χ1v) is 4.29. The first kappa shape index (κ1) is 10.5. The normalized spacial score (nSPS) is 9.86. The molecule has 0 aliphatic heterocycles. The van der Waals surface area contributed by atoms with Gasteiger partial charge in [-0.05, 0) is 6.92 Å². The van der Waals surface area contributed by atoms with Gasteiger partial charge in [-0.1, -0.05) is 5.10 Å². The molecule has 1 heterocycles. The van der Waals surface area contributed by atoms with E-state index >= 15 is 0 Å². The molecule has 4 N–H and O–H groups in total. The van der Waals surface area contributed by atoms with Gasteiger partial charge in [0.05, 0.1) is 13.1 Å². The molecule has 7 heteroatoms. The number of likely N-dealkylation sites (N-methyl/N-ethyl adjacent to an activating group) is 1. The van der Waals surface area contributed by atoms with Crippen molar-refractivity contribution < 1.29 is 9.21 Å². The van der Waals surface area contributed by atoms with Crippen molar-refractivity contribution in [2.45, 2.75) is 13.5 Å². The summed E-state index contributed by atoms with van der Waals surface area (Å²) in [5, 5.41) is 12.6. The van der Waals surface area contributed by atoms with Crippen molar-refractivity contribution in [3.8, 4) is 0 Å². The smallest absolute Gasteiger partial charge is 0.315 e. The third-order valence-electron chi connectivity index (χ3n) is 1.42. The molecule has 0 unspecified atom stereocenters. The molecule has 0 fully saturated rings. The van der Waals surface area contributed by atoms with Crippen LogP contribution in [0, 0.1) is 0 Å². The number of anilines is 1. The molecule has 14 heavy (non-hydrogen) atoms. The van der Waals surface area contributed by atoms with E-state index in [1.807, 2.05) is 6.92 Å². The van der Waals surface area contributed by atoms with Crippen LogP contribution >= 0.6 is 0 Å². The predicted octanol–water partition coefficient (Wildman–Crippen LogP) is -0.924. The van der Waals surface area contributed by atoms with Gasteiger partial charge in [-0.15, -0.1) is 5.10 Å². The van der Waals surface area contributed by atoms with Gasteiger partial charge in [0.25, 0.3) is 0 Å². The largest absolute Gasteiger partial charge is 0.407 e. The van der Waals surface area contributed by atoms with Crippen LogP contribution in [0.4, 0.5) is 6.01 Å². The Morgan fingerprint density at radius 2 is 2.36 bits per heavy atom. The van der Waals surface area contributed by atoms with E-state index in [0.29, 0.717) is 12.4 Å². The minimum atomic E-state index is -0.125. The van der Waals surface area contributed by atoms with Crippen molar-refractivity contribution in [1.29, 1.82) is 0 Å². The molecule has 1 aromatic rings. The average Bonchev–Trinajstić information content (AvgIpc) is 2.63. The van der Waals surface area contributed by atoms with Gasteiger partial charge in [0.2, 0.25) is 11.8 Å². The van der Waals surface area contributed by atoms with Crippen LogP contribution < -0.4 is 16.4 Å². The average molecular weight is 199 g/mol. The zero-order valence-electron chi connectivity index (χ0n) is 7.91. The van der Waals surface area contributed by atoms with E-state index < -0.39 is 0 Å². The van der Waals surface area contributed by atoms with Crippen molar-refractivity contribution in [3.63, 3.8) is 0 Å². The van der Waals surface area contributed by atoms with E-state index in [2.05, 4.69) is 20.8 Å². The van der Waals surface area contributed by atoms with E-state index in [9.17, 15) is 4.79 Å². The van der Waals surface area contributed by atoms with Crippen LogP contribution in [-0.4, -0.2) is 29.2 Å². The fourth-order valence-electron chi connectivity index (χ4n) is 0.823. The predicted molar refractivity (Wildman–Crippen MR) is 49.4 cm³/mol. The van der Waals surface area contributed by atoms with E-state index in [1.165, 1.54) is 0 Å².